The molecule has 124 valence electrons. The van der Waals surface area contributed by atoms with Gasteiger partial charge in [-0.2, -0.15) is 0 Å². The maximum absolute atomic E-state index is 11.1. The minimum atomic E-state index is -0.403. The van der Waals surface area contributed by atoms with Crippen LogP contribution in [0.25, 0.3) is 10.6 Å². The van der Waals surface area contributed by atoms with Gasteiger partial charge in [0.2, 0.25) is 0 Å². The molecule has 5 nitrogen and oxygen atoms in total. The Kier molecular flexibility index (Phi) is 6.58. The van der Waals surface area contributed by atoms with Crippen molar-refractivity contribution < 1.29 is 14.3 Å². The second-order valence-electron chi connectivity index (χ2n) is 4.87. The summed E-state index contributed by atoms with van der Waals surface area (Å²) in [6.45, 7) is 0.169. The molecule has 0 unspecified atom stereocenters. The third-order valence-corrected chi connectivity index (χ3v) is 5.53. The van der Waals surface area contributed by atoms with Crippen LogP contribution in [-0.2, 0) is 20.9 Å². The van der Waals surface area contributed by atoms with Gasteiger partial charge in [0, 0.05) is 24.1 Å². The van der Waals surface area contributed by atoms with E-state index in [1.54, 1.807) is 0 Å². The lowest BCUT2D eigenvalue weighted by atomic mass is 10.2. The van der Waals surface area contributed by atoms with Crippen LogP contribution in [0.1, 0.15) is 5.69 Å². The molecule has 2 rings (SSSR count). The molecule has 1 heterocycles. The average molecular weight is 464 g/mol. The van der Waals surface area contributed by atoms with Crippen LogP contribution in [0.5, 0.6) is 0 Å². The first-order valence-electron chi connectivity index (χ1n) is 6.69. The molecule has 0 fully saturated rings. The second kappa shape index (κ2) is 8.23. The number of hydrogen-bond acceptors (Lipinski definition) is 6. The number of ether oxygens (including phenoxy) is 2. The minimum Gasteiger partial charge on any atom is -0.467 e. The second-order valence-corrected chi connectivity index (χ2v) is 8.04. The molecule has 0 amide bonds. The van der Waals surface area contributed by atoms with Crippen molar-refractivity contribution in [1.29, 1.82) is 0 Å². The molecule has 0 saturated carbocycles. The molecule has 0 aliphatic heterocycles. The quantitative estimate of drug-likeness (QED) is 0.604. The van der Waals surface area contributed by atoms with E-state index in [1.165, 1.54) is 18.4 Å². The van der Waals surface area contributed by atoms with Crippen LogP contribution in [0.2, 0.25) is 0 Å². The van der Waals surface area contributed by atoms with Gasteiger partial charge in [-0.1, -0.05) is 0 Å². The fourth-order valence-corrected chi connectivity index (χ4v) is 4.03. The maximum Gasteiger partial charge on any atom is 0.331 e. The van der Waals surface area contributed by atoms with Crippen LogP contribution in [0.3, 0.4) is 0 Å². The Morgan fingerprint density at radius 3 is 2.70 bits per heavy atom. The van der Waals surface area contributed by atoms with E-state index in [9.17, 15) is 4.79 Å². The van der Waals surface area contributed by atoms with Gasteiger partial charge in [-0.25, -0.2) is 9.78 Å². The van der Waals surface area contributed by atoms with Crippen molar-refractivity contribution in [2.45, 2.75) is 6.61 Å². The zero-order chi connectivity index (χ0) is 17.0. The number of carbonyl (C=O) groups excluding carboxylic acids is 1. The molecule has 0 atom stereocenters. The zero-order valence-corrected chi connectivity index (χ0v) is 16.9. The number of benzene rings is 1. The van der Waals surface area contributed by atoms with Gasteiger partial charge in [0.15, 0.2) is 0 Å². The molecular weight excluding hydrogens is 448 g/mol. The SMILES string of the molecule is COC(=O)COCc1nc(-c2ccc(N(C)C)c(Br)c2)sc1Br. The molecule has 8 heteroatoms. The first-order valence-corrected chi connectivity index (χ1v) is 9.09. The molecule has 0 bridgehead atoms. The van der Waals surface area contributed by atoms with E-state index in [0.29, 0.717) is 0 Å². The third kappa shape index (κ3) is 4.76. The highest BCUT2D eigenvalue weighted by atomic mass is 79.9. The predicted molar refractivity (Wildman–Crippen MR) is 98.9 cm³/mol. The van der Waals surface area contributed by atoms with Crippen LogP contribution in [-0.4, -0.2) is 38.8 Å². The van der Waals surface area contributed by atoms with E-state index in [4.69, 9.17) is 4.74 Å². The molecule has 0 saturated heterocycles. The highest BCUT2D eigenvalue weighted by Crippen LogP contribution is 2.35. The fourth-order valence-electron chi connectivity index (χ4n) is 1.84. The van der Waals surface area contributed by atoms with Crippen LogP contribution < -0.4 is 4.90 Å². The molecule has 0 N–H and O–H groups in total. The van der Waals surface area contributed by atoms with Crippen molar-refractivity contribution >= 4 is 54.9 Å². The Bertz CT molecular complexity index is 704. The van der Waals surface area contributed by atoms with E-state index < -0.39 is 5.97 Å². The van der Waals surface area contributed by atoms with Gasteiger partial charge in [0.05, 0.1) is 28.9 Å². The highest BCUT2D eigenvalue weighted by molar-refractivity contribution is 9.11. The van der Waals surface area contributed by atoms with Gasteiger partial charge < -0.3 is 14.4 Å². The number of methoxy groups -OCH3 is 1. The molecule has 23 heavy (non-hydrogen) atoms. The standard InChI is InChI=1S/C15H16Br2N2O3S/c1-19(2)12-5-4-9(6-10(12)16)15-18-11(14(17)23-15)7-22-8-13(20)21-3/h4-6H,7-8H2,1-3H3. The Hall–Kier alpha value is -0.960. The number of esters is 1. The van der Waals surface area contributed by atoms with Crippen molar-refractivity contribution in [2.24, 2.45) is 0 Å². The normalized spacial score (nSPS) is 10.7. The van der Waals surface area contributed by atoms with Crippen LogP contribution >= 0.6 is 43.2 Å². The van der Waals surface area contributed by atoms with Gasteiger partial charge >= 0.3 is 5.97 Å². The summed E-state index contributed by atoms with van der Waals surface area (Å²) >= 11 is 8.61. The zero-order valence-electron chi connectivity index (χ0n) is 12.9. The van der Waals surface area contributed by atoms with E-state index >= 15 is 0 Å². The van der Waals surface area contributed by atoms with Crippen LogP contribution in [0.4, 0.5) is 5.69 Å². The van der Waals surface area contributed by atoms with Gasteiger partial charge in [-0.15, -0.1) is 11.3 Å². The first kappa shape index (κ1) is 18.4. The Morgan fingerprint density at radius 2 is 2.09 bits per heavy atom. The van der Waals surface area contributed by atoms with Crippen LogP contribution in [0.15, 0.2) is 26.5 Å². The molecule has 1 aromatic carbocycles. The van der Waals surface area contributed by atoms with E-state index in [-0.39, 0.29) is 13.2 Å². The van der Waals surface area contributed by atoms with Gasteiger partial charge in [-0.05, 0) is 50.1 Å². The largest absolute Gasteiger partial charge is 0.467 e. The number of anilines is 1. The molecule has 2 aromatic rings. The molecule has 1 aromatic heterocycles. The molecule has 0 aliphatic carbocycles. The van der Waals surface area contributed by atoms with Gasteiger partial charge in [0.1, 0.15) is 11.6 Å². The van der Waals surface area contributed by atoms with Gasteiger partial charge in [-0.3, -0.25) is 0 Å². The molecule has 0 aliphatic rings. The molecule has 0 radical (unpaired) electrons. The van der Waals surface area contributed by atoms with Crippen molar-refractivity contribution in [3.8, 4) is 10.6 Å². The van der Waals surface area contributed by atoms with Crippen LogP contribution in [0, 0.1) is 0 Å². The Morgan fingerprint density at radius 1 is 1.35 bits per heavy atom. The first-order chi connectivity index (χ1) is 10.9. The average Bonchev–Trinajstić information content (AvgIpc) is 2.87. The lowest BCUT2D eigenvalue weighted by Gasteiger charge is -2.14. The fraction of sp³-hybridized carbons (Fsp3) is 0.333. The lowest BCUT2D eigenvalue weighted by Crippen LogP contribution is -2.10. The Balaban J connectivity index is 2.14. The topological polar surface area (TPSA) is 51.7 Å². The van der Waals surface area contributed by atoms with E-state index in [0.717, 1.165) is 30.2 Å². The number of nitrogens with zero attached hydrogens (tertiary/aromatic N) is 2. The summed E-state index contributed by atoms with van der Waals surface area (Å²) in [6.07, 6.45) is 0. The summed E-state index contributed by atoms with van der Waals surface area (Å²) in [4.78, 5) is 17.7. The monoisotopic (exact) mass is 462 g/mol. The summed E-state index contributed by atoms with van der Waals surface area (Å²) in [5.41, 5.74) is 2.89. The lowest BCUT2D eigenvalue weighted by molar-refractivity contribution is -0.146. The number of thiazole rings is 1. The number of carbonyl (C=O) groups is 1. The maximum atomic E-state index is 11.1. The number of rotatable bonds is 6. The van der Waals surface area contributed by atoms with Crippen molar-refractivity contribution in [1.82, 2.24) is 4.98 Å². The van der Waals surface area contributed by atoms with Gasteiger partial charge in [0.25, 0.3) is 0 Å². The summed E-state index contributed by atoms with van der Waals surface area (Å²) in [7, 11) is 5.32. The summed E-state index contributed by atoms with van der Waals surface area (Å²) in [6, 6.07) is 6.12. The van der Waals surface area contributed by atoms with E-state index in [1.807, 2.05) is 37.2 Å². The number of halogens is 2. The summed E-state index contributed by atoms with van der Waals surface area (Å²) in [5, 5.41) is 0.888. The van der Waals surface area contributed by atoms with Crippen molar-refractivity contribution in [3.63, 3.8) is 0 Å². The molecular formula is C15H16Br2N2O3S. The van der Waals surface area contributed by atoms with Crippen molar-refractivity contribution in [3.05, 3.63) is 32.2 Å². The summed E-state index contributed by atoms with van der Waals surface area (Å²) < 4.78 is 11.7. The highest BCUT2D eigenvalue weighted by Gasteiger charge is 2.13. The minimum absolute atomic E-state index is 0.0844. The third-order valence-electron chi connectivity index (χ3n) is 3.01. The summed E-state index contributed by atoms with van der Waals surface area (Å²) in [5.74, 6) is -0.403. The Labute approximate surface area is 155 Å². The predicted octanol–water partition coefficient (Wildman–Crippen LogP) is 4.09. The number of hydrogen-bond donors (Lipinski definition) is 0. The smallest absolute Gasteiger partial charge is 0.331 e. The van der Waals surface area contributed by atoms with Crippen molar-refractivity contribution in [2.75, 3.05) is 32.7 Å². The number of aromatic nitrogens is 1. The molecule has 0 spiro atoms. The van der Waals surface area contributed by atoms with E-state index in [2.05, 4.69) is 41.6 Å².